The average Bonchev–Trinajstić information content (AvgIpc) is 3.09. The molecule has 0 aromatic carbocycles. The maximum absolute atomic E-state index is 13.0. The molecular weight excluding hydrogens is 336 g/mol. The number of fused-ring (bicyclic) bond motifs is 1. The van der Waals surface area contributed by atoms with Crippen molar-refractivity contribution < 1.29 is 4.79 Å². The molecule has 2 aromatic heterocycles. The van der Waals surface area contributed by atoms with Crippen molar-refractivity contribution in [2.45, 2.75) is 19.4 Å². The molecule has 4 heterocycles. The Bertz CT molecular complexity index is 808. The molecular formula is C17H22N6OS. The van der Waals surface area contributed by atoms with E-state index in [4.69, 9.17) is 5.73 Å². The van der Waals surface area contributed by atoms with E-state index in [2.05, 4.69) is 26.8 Å². The smallest absolute Gasteiger partial charge is 0.261 e. The molecule has 0 aliphatic carbocycles. The Labute approximate surface area is 150 Å². The van der Waals surface area contributed by atoms with E-state index in [0.717, 1.165) is 47.0 Å². The van der Waals surface area contributed by atoms with Gasteiger partial charge in [0.05, 0.1) is 10.3 Å². The predicted octanol–water partition coefficient (Wildman–Crippen LogP) is 1.55. The highest BCUT2D eigenvalue weighted by molar-refractivity contribution is 8.04. The monoisotopic (exact) mass is 358 g/mol. The summed E-state index contributed by atoms with van der Waals surface area (Å²) in [6.45, 7) is 4.38. The van der Waals surface area contributed by atoms with Crippen molar-refractivity contribution in [1.82, 2.24) is 19.9 Å². The third-order valence-corrected chi connectivity index (χ3v) is 5.64. The maximum atomic E-state index is 13.0. The number of nitrogens with two attached hydrogens (primary N) is 1. The number of anilines is 1. The second-order valence-corrected chi connectivity index (χ2v) is 7.92. The molecule has 2 aromatic rings. The molecule has 2 aliphatic heterocycles. The van der Waals surface area contributed by atoms with E-state index in [0.29, 0.717) is 12.5 Å². The number of hydrogen-bond acceptors (Lipinski definition) is 6. The topological polar surface area (TPSA) is 91.1 Å². The predicted molar refractivity (Wildman–Crippen MR) is 100 cm³/mol. The van der Waals surface area contributed by atoms with Gasteiger partial charge in [0, 0.05) is 43.8 Å². The number of aromatic amines is 1. The van der Waals surface area contributed by atoms with E-state index in [1.165, 1.54) is 0 Å². The molecule has 0 radical (unpaired) electrons. The van der Waals surface area contributed by atoms with Gasteiger partial charge >= 0.3 is 0 Å². The third-order valence-electron chi connectivity index (χ3n) is 4.66. The third kappa shape index (κ3) is 3.23. The first kappa shape index (κ1) is 16.4. The van der Waals surface area contributed by atoms with E-state index in [1.807, 2.05) is 23.4 Å². The molecule has 1 fully saturated rings. The lowest BCUT2D eigenvalue weighted by Gasteiger charge is -2.36. The normalized spacial score (nSPS) is 24.5. The van der Waals surface area contributed by atoms with E-state index in [-0.39, 0.29) is 11.9 Å². The first-order valence-electron chi connectivity index (χ1n) is 8.56. The molecule has 4 rings (SSSR count). The largest absolute Gasteiger partial charge is 0.346 e. The standard InChI is InChI=1S/C17H22N6OS/c1-11-6-12(18)8-23(7-11)17(24)14-9-22(4-5-25-14)16-13-2-3-19-15(13)20-10-21-16/h2-3,9-12H,4-8,18H2,1H3,(H,19,20,21)/t11-,12-/m1/s1. The molecule has 25 heavy (non-hydrogen) atoms. The minimum Gasteiger partial charge on any atom is -0.346 e. The summed E-state index contributed by atoms with van der Waals surface area (Å²) in [7, 11) is 0. The number of nitrogens with zero attached hydrogens (tertiary/aromatic N) is 4. The van der Waals surface area contributed by atoms with Crippen LogP contribution in [0, 0.1) is 5.92 Å². The Balaban J connectivity index is 1.60. The lowest BCUT2D eigenvalue weighted by atomic mass is 9.96. The molecule has 0 bridgehead atoms. The van der Waals surface area contributed by atoms with Crippen LogP contribution in [0.5, 0.6) is 0 Å². The molecule has 1 amide bonds. The number of nitrogens with one attached hydrogen (secondary N) is 1. The Morgan fingerprint density at radius 2 is 2.28 bits per heavy atom. The molecule has 0 saturated carbocycles. The first-order chi connectivity index (χ1) is 12.1. The Morgan fingerprint density at radius 3 is 3.12 bits per heavy atom. The van der Waals surface area contributed by atoms with Crippen molar-refractivity contribution in [3.63, 3.8) is 0 Å². The van der Waals surface area contributed by atoms with Crippen molar-refractivity contribution in [3.05, 3.63) is 29.7 Å². The quantitative estimate of drug-likeness (QED) is 0.846. The van der Waals surface area contributed by atoms with Gasteiger partial charge in [-0.15, -0.1) is 11.8 Å². The van der Waals surface area contributed by atoms with Crippen LogP contribution >= 0.6 is 11.8 Å². The van der Waals surface area contributed by atoms with Gasteiger partial charge in [-0.1, -0.05) is 6.92 Å². The van der Waals surface area contributed by atoms with Crippen LogP contribution in [0.1, 0.15) is 13.3 Å². The summed E-state index contributed by atoms with van der Waals surface area (Å²) in [6.07, 6.45) is 6.31. The fraction of sp³-hybridized carbons (Fsp3) is 0.471. The fourth-order valence-electron chi connectivity index (χ4n) is 3.59. The molecule has 132 valence electrons. The van der Waals surface area contributed by atoms with Crippen LogP contribution in [0.3, 0.4) is 0 Å². The Morgan fingerprint density at radius 1 is 1.40 bits per heavy atom. The first-order valence-corrected chi connectivity index (χ1v) is 9.54. The number of rotatable bonds is 2. The van der Waals surface area contributed by atoms with Gasteiger partial charge in [-0.2, -0.15) is 0 Å². The Hall–Kier alpha value is -2.06. The summed E-state index contributed by atoms with van der Waals surface area (Å²) >= 11 is 1.61. The van der Waals surface area contributed by atoms with Gasteiger partial charge in [-0.3, -0.25) is 4.79 Å². The zero-order chi connectivity index (χ0) is 17.4. The molecule has 1 saturated heterocycles. The lowest BCUT2D eigenvalue weighted by Crippen LogP contribution is -2.49. The molecule has 7 nitrogen and oxygen atoms in total. The summed E-state index contributed by atoms with van der Waals surface area (Å²) in [5.74, 6) is 2.21. The summed E-state index contributed by atoms with van der Waals surface area (Å²) in [6, 6.07) is 2.03. The van der Waals surface area contributed by atoms with Crippen LogP contribution in [-0.4, -0.2) is 57.2 Å². The van der Waals surface area contributed by atoms with Crippen molar-refractivity contribution in [2.24, 2.45) is 11.7 Å². The van der Waals surface area contributed by atoms with E-state index >= 15 is 0 Å². The Kier molecular flexibility index (Phi) is 4.39. The van der Waals surface area contributed by atoms with Gasteiger partial charge in [-0.05, 0) is 18.4 Å². The molecule has 0 spiro atoms. The maximum Gasteiger partial charge on any atom is 0.261 e. The fourth-order valence-corrected chi connectivity index (χ4v) is 4.55. The molecule has 2 aliphatic rings. The van der Waals surface area contributed by atoms with Crippen LogP contribution in [0.25, 0.3) is 11.0 Å². The molecule has 2 atom stereocenters. The second kappa shape index (κ2) is 6.68. The van der Waals surface area contributed by atoms with E-state index < -0.39 is 0 Å². The number of aromatic nitrogens is 3. The van der Waals surface area contributed by atoms with Crippen LogP contribution in [0.2, 0.25) is 0 Å². The highest BCUT2D eigenvalue weighted by atomic mass is 32.2. The molecule has 8 heteroatoms. The van der Waals surface area contributed by atoms with Crippen molar-refractivity contribution in [1.29, 1.82) is 0 Å². The summed E-state index contributed by atoms with van der Waals surface area (Å²) in [4.78, 5) is 29.4. The summed E-state index contributed by atoms with van der Waals surface area (Å²) in [5, 5.41) is 0.964. The van der Waals surface area contributed by atoms with Crippen LogP contribution in [-0.2, 0) is 4.79 Å². The number of carbonyl (C=O) groups excluding carboxylic acids is 1. The molecule has 3 N–H and O–H groups in total. The number of thioether (sulfide) groups is 1. The van der Waals surface area contributed by atoms with Crippen molar-refractivity contribution in [2.75, 3.05) is 30.3 Å². The highest BCUT2D eigenvalue weighted by Gasteiger charge is 2.29. The molecule has 0 unspecified atom stereocenters. The lowest BCUT2D eigenvalue weighted by molar-refractivity contribution is -0.128. The van der Waals surface area contributed by atoms with Crippen molar-refractivity contribution >= 4 is 34.5 Å². The average molecular weight is 358 g/mol. The van der Waals surface area contributed by atoms with Crippen LogP contribution in [0.4, 0.5) is 5.82 Å². The second-order valence-electron chi connectivity index (χ2n) is 6.78. The summed E-state index contributed by atoms with van der Waals surface area (Å²) < 4.78 is 0. The SMILES string of the molecule is C[C@@H]1C[C@@H](N)CN(C(=O)C2=CN(c3ncnc4[nH]ccc34)CCS2)C1. The van der Waals surface area contributed by atoms with E-state index in [9.17, 15) is 4.79 Å². The van der Waals surface area contributed by atoms with Gasteiger partial charge in [0.2, 0.25) is 0 Å². The number of H-pyrrole nitrogens is 1. The highest BCUT2D eigenvalue weighted by Crippen LogP contribution is 2.30. The van der Waals surface area contributed by atoms with Crippen molar-refractivity contribution in [3.8, 4) is 0 Å². The number of hydrogen-bond donors (Lipinski definition) is 2. The van der Waals surface area contributed by atoms with Gasteiger partial charge in [0.15, 0.2) is 0 Å². The summed E-state index contributed by atoms with van der Waals surface area (Å²) in [5.41, 5.74) is 6.91. The number of amides is 1. The number of likely N-dealkylation sites (tertiary alicyclic amines) is 1. The zero-order valence-electron chi connectivity index (χ0n) is 14.2. The van der Waals surface area contributed by atoms with Gasteiger partial charge in [0.1, 0.15) is 17.8 Å². The van der Waals surface area contributed by atoms with Crippen LogP contribution < -0.4 is 10.6 Å². The van der Waals surface area contributed by atoms with Crippen LogP contribution in [0.15, 0.2) is 29.7 Å². The van der Waals surface area contributed by atoms with Gasteiger partial charge < -0.3 is 20.5 Å². The van der Waals surface area contributed by atoms with Gasteiger partial charge in [0.25, 0.3) is 5.91 Å². The number of piperidine rings is 1. The zero-order valence-corrected chi connectivity index (χ0v) is 15.0. The van der Waals surface area contributed by atoms with E-state index in [1.54, 1.807) is 18.1 Å². The minimum absolute atomic E-state index is 0.0688. The minimum atomic E-state index is 0.0688. The van der Waals surface area contributed by atoms with Gasteiger partial charge in [-0.25, -0.2) is 9.97 Å². The number of carbonyl (C=O) groups is 1.